The molecule has 1 aromatic carbocycles. The lowest BCUT2D eigenvalue weighted by molar-refractivity contribution is -0.131. The van der Waals surface area contributed by atoms with Gasteiger partial charge in [-0.25, -0.2) is 0 Å². The van der Waals surface area contributed by atoms with E-state index in [4.69, 9.17) is 11.6 Å². The lowest BCUT2D eigenvalue weighted by Gasteiger charge is -2.38. The minimum atomic E-state index is 0. The van der Waals surface area contributed by atoms with Crippen molar-refractivity contribution in [3.05, 3.63) is 34.9 Å². The van der Waals surface area contributed by atoms with Crippen LogP contribution in [0.4, 0.5) is 0 Å². The van der Waals surface area contributed by atoms with Gasteiger partial charge >= 0.3 is 0 Å². The Morgan fingerprint density at radius 2 is 1.91 bits per heavy atom. The van der Waals surface area contributed by atoms with Crippen LogP contribution in [0.25, 0.3) is 0 Å². The van der Waals surface area contributed by atoms with Crippen LogP contribution in [0, 0.1) is 11.8 Å². The summed E-state index contributed by atoms with van der Waals surface area (Å²) in [6, 6.07) is 7.56. The van der Waals surface area contributed by atoms with E-state index in [-0.39, 0.29) is 29.9 Å². The Morgan fingerprint density at radius 3 is 2.56 bits per heavy atom. The summed E-state index contributed by atoms with van der Waals surface area (Å²) in [5.41, 5.74) is 0.969. The molecule has 6 nitrogen and oxygen atoms in total. The van der Waals surface area contributed by atoms with Crippen molar-refractivity contribution in [1.29, 1.82) is 0 Å². The molecule has 32 heavy (non-hydrogen) atoms. The van der Waals surface area contributed by atoms with E-state index in [2.05, 4.69) is 34.0 Å². The highest BCUT2D eigenvalue weighted by Crippen LogP contribution is 2.17. The number of hydrogen-bond acceptors (Lipinski definition) is 3. The monoisotopic (exact) mass is 575 g/mol. The van der Waals surface area contributed by atoms with Crippen LogP contribution in [0.1, 0.15) is 32.3 Å². The van der Waals surface area contributed by atoms with E-state index < -0.39 is 0 Å². The Hall–Kier alpha value is -1.06. The second-order valence-electron chi connectivity index (χ2n) is 9.26. The van der Waals surface area contributed by atoms with Gasteiger partial charge in [0.2, 0.25) is 5.91 Å². The van der Waals surface area contributed by atoms with Crippen LogP contribution in [0.15, 0.2) is 29.3 Å². The second kappa shape index (κ2) is 13.6. The molecule has 2 heterocycles. The Bertz CT molecular complexity index is 752. The molecule has 2 aliphatic rings. The second-order valence-corrected chi connectivity index (χ2v) is 9.70. The third-order valence-corrected chi connectivity index (χ3v) is 6.40. The van der Waals surface area contributed by atoms with Crippen molar-refractivity contribution < 1.29 is 4.79 Å². The standard InChI is InChI=1S/C24H38ClN5O.HI/c1-19(2)17-28-9-5-7-21(18-28)16-27-24(26-3)30-12-10-29(11-13-30)23(31)15-20-6-4-8-22(25)14-20;/h4,6,8,14,19,21H,5,7,9-13,15-18H2,1-3H3,(H,26,27);1H. The first-order valence-corrected chi connectivity index (χ1v) is 12.0. The van der Waals surface area contributed by atoms with Gasteiger partial charge in [0.25, 0.3) is 0 Å². The van der Waals surface area contributed by atoms with Crippen LogP contribution in [0.5, 0.6) is 0 Å². The van der Waals surface area contributed by atoms with E-state index in [0.717, 1.165) is 50.2 Å². The quantitative estimate of drug-likeness (QED) is 0.320. The zero-order chi connectivity index (χ0) is 22.2. The fraction of sp³-hybridized carbons (Fsp3) is 0.667. The van der Waals surface area contributed by atoms with Crippen molar-refractivity contribution in [1.82, 2.24) is 20.0 Å². The molecule has 0 bridgehead atoms. The van der Waals surface area contributed by atoms with Gasteiger partial charge in [0, 0.05) is 57.9 Å². The number of aliphatic imine (C=N–C) groups is 1. The largest absolute Gasteiger partial charge is 0.356 e. The highest BCUT2D eigenvalue weighted by molar-refractivity contribution is 14.0. The van der Waals surface area contributed by atoms with Gasteiger partial charge in [-0.3, -0.25) is 9.79 Å². The Morgan fingerprint density at radius 1 is 1.19 bits per heavy atom. The summed E-state index contributed by atoms with van der Waals surface area (Å²) in [7, 11) is 1.85. The van der Waals surface area contributed by atoms with Crippen molar-refractivity contribution in [3.63, 3.8) is 0 Å². The van der Waals surface area contributed by atoms with E-state index in [0.29, 0.717) is 17.4 Å². The first-order valence-electron chi connectivity index (χ1n) is 11.6. The van der Waals surface area contributed by atoms with Crippen molar-refractivity contribution in [3.8, 4) is 0 Å². The number of nitrogens with one attached hydrogen (secondary N) is 1. The van der Waals surface area contributed by atoms with Crippen LogP contribution in [0.2, 0.25) is 5.02 Å². The molecular weight excluding hydrogens is 537 g/mol. The molecule has 1 aromatic rings. The molecular formula is C24H39ClIN5O. The van der Waals surface area contributed by atoms with E-state index in [1.54, 1.807) is 0 Å². The predicted octanol–water partition coefficient (Wildman–Crippen LogP) is 3.59. The Labute approximate surface area is 215 Å². The average molecular weight is 576 g/mol. The summed E-state index contributed by atoms with van der Waals surface area (Å²) in [6.45, 7) is 12.2. The molecule has 1 N–H and O–H groups in total. The molecule has 0 saturated carbocycles. The summed E-state index contributed by atoms with van der Waals surface area (Å²) >= 11 is 6.05. The third-order valence-electron chi connectivity index (χ3n) is 6.16. The number of guanidine groups is 1. The summed E-state index contributed by atoms with van der Waals surface area (Å²) in [5, 5.41) is 4.28. The van der Waals surface area contributed by atoms with Gasteiger partial charge in [-0.15, -0.1) is 24.0 Å². The van der Waals surface area contributed by atoms with E-state index in [1.165, 1.54) is 32.5 Å². The molecule has 1 amide bonds. The molecule has 1 atom stereocenters. The van der Waals surface area contributed by atoms with E-state index in [9.17, 15) is 4.79 Å². The van der Waals surface area contributed by atoms with Crippen LogP contribution >= 0.6 is 35.6 Å². The van der Waals surface area contributed by atoms with Gasteiger partial charge in [0.15, 0.2) is 5.96 Å². The van der Waals surface area contributed by atoms with Gasteiger partial charge in [0.1, 0.15) is 0 Å². The molecule has 8 heteroatoms. The summed E-state index contributed by atoms with van der Waals surface area (Å²) in [4.78, 5) is 24.0. The Kier molecular flexibility index (Phi) is 11.6. The highest BCUT2D eigenvalue weighted by atomic mass is 127. The Balaban J connectivity index is 0.00000363. The first kappa shape index (κ1) is 27.2. The number of piperidine rings is 1. The van der Waals surface area contributed by atoms with Gasteiger partial charge in [-0.2, -0.15) is 0 Å². The van der Waals surface area contributed by atoms with Crippen LogP contribution in [0.3, 0.4) is 0 Å². The number of nitrogens with zero attached hydrogens (tertiary/aromatic N) is 4. The lowest BCUT2D eigenvalue weighted by atomic mass is 9.97. The van der Waals surface area contributed by atoms with Gasteiger partial charge in [-0.05, 0) is 48.9 Å². The average Bonchev–Trinajstić information content (AvgIpc) is 2.74. The highest BCUT2D eigenvalue weighted by Gasteiger charge is 2.25. The number of piperazine rings is 1. The number of carbonyl (C=O) groups is 1. The maximum Gasteiger partial charge on any atom is 0.227 e. The number of hydrogen-bond donors (Lipinski definition) is 1. The van der Waals surface area contributed by atoms with Crippen molar-refractivity contribution in [2.75, 3.05) is 59.4 Å². The SMILES string of the molecule is CN=C(NCC1CCCN(CC(C)C)C1)N1CCN(C(=O)Cc2cccc(Cl)c2)CC1.I. The third kappa shape index (κ3) is 8.37. The molecule has 2 fully saturated rings. The van der Waals surface area contributed by atoms with E-state index >= 15 is 0 Å². The predicted molar refractivity (Wildman–Crippen MR) is 144 cm³/mol. The minimum absolute atomic E-state index is 0. The van der Waals surface area contributed by atoms with Crippen molar-refractivity contribution in [2.45, 2.75) is 33.1 Å². The maximum atomic E-state index is 12.7. The number of rotatable bonds is 6. The number of carbonyl (C=O) groups excluding carboxylic acids is 1. The fourth-order valence-corrected chi connectivity index (χ4v) is 4.88. The molecule has 3 rings (SSSR count). The topological polar surface area (TPSA) is 51.2 Å². The van der Waals surface area contributed by atoms with Crippen LogP contribution < -0.4 is 5.32 Å². The zero-order valence-electron chi connectivity index (χ0n) is 19.7. The smallest absolute Gasteiger partial charge is 0.227 e. The normalized spacial score (nSPS) is 20.3. The molecule has 0 aromatic heterocycles. The summed E-state index contributed by atoms with van der Waals surface area (Å²) in [6.07, 6.45) is 2.97. The molecule has 0 aliphatic carbocycles. The van der Waals surface area contributed by atoms with E-state index in [1.807, 2.05) is 36.2 Å². The number of amides is 1. The first-order chi connectivity index (χ1) is 14.9. The summed E-state index contributed by atoms with van der Waals surface area (Å²) in [5.74, 6) is 2.52. The maximum absolute atomic E-state index is 12.7. The molecule has 1 unspecified atom stereocenters. The molecule has 0 spiro atoms. The summed E-state index contributed by atoms with van der Waals surface area (Å²) < 4.78 is 0. The number of benzene rings is 1. The van der Waals surface area contributed by atoms with Gasteiger partial charge < -0.3 is 20.0 Å². The number of likely N-dealkylation sites (tertiary alicyclic amines) is 1. The van der Waals surface area contributed by atoms with Gasteiger partial charge in [-0.1, -0.05) is 37.6 Å². The molecule has 180 valence electrons. The molecule has 0 radical (unpaired) electrons. The minimum Gasteiger partial charge on any atom is -0.356 e. The number of halogens is 2. The van der Waals surface area contributed by atoms with Gasteiger partial charge in [0.05, 0.1) is 6.42 Å². The lowest BCUT2D eigenvalue weighted by Crippen LogP contribution is -2.55. The van der Waals surface area contributed by atoms with Crippen LogP contribution in [-0.2, 0) is 11.2 Å². The fourth-order valence-electron chi connectivity index (χ4n) is 4.67. The zero-order valence-corrected chi connectivity index (χ0v) is 22.8. The van der Waals surface area contributed by atoms with Crippen LogP contribution in [-0.4, -0.2) is 86.0 Å². The van der Waals surface area contributed by atoms with Crippen molar-refractivity contribution in [2.24, 2.45) is 16.8 Å². The molecule has 2 saturated heterocycles. The van der Waals surface area contributed by atoms with Crippen molar-refractivity contribution >= 4 is 47.4 Å². The molecule has 2 aliphatic heterocycles.